The van der Waals surface area contributed by atoms with Crippen molar-refractivity contribution in [3.63, 3.8) is 0 Å². The van der Waals surface area contributed by atoms with Crippen LogP contribution in [0.3, 0.4) is 0 Å². The van der Waals surface area contributed by atoms with Crippen molar-refractivity contribution in [2.75, 3.05) is 27.2 Å². The molecular formula is C16H21N3O2. The van der Waals surface area contributed by atoms with E-state index in [1.54, 1.807) is 24.1 Å². The van der Waals surface area contributed by atoms with Crippen LogP contribution in [0, 0.1) is 5.41 Å². The number of methoxy groups -OCH3 is 1. The van der Waals surface area contributed by atoms with Crippen LogP contribution in [0.15, 0.2) is 29.3 Å². The predicted octanol–water partition coefficient (Wildman–Crippen LogP) is 1.75. The van der Waals surface area contributed by atoms with Crippen molar-refractivity contribution in [2.45, 2.75) is 19.9 Å². The molecule has 0 unspecified atom stereocenters. The second-order valence-corrected chi connectivity index (χ2v) is 6.33. The van der Waals surface area contributed by atoms with Crippen molar-refractivity contribution >= 4 is 10.9 Å². The Labute approximate surface area is 124 Å². The van der Waals surface area contributed by atoms with Gasteiger partial charge in [0.2, 0.25) is 0 Å². The van der Waals surface area contributed by atoms with Gasteiger partial charge in [0.1, 0.15) is 11.1 Å². The van der Waals surface area contributed by atoms with Crippen LogP contribution < -0.4 is 10.3 Å². The van der Waals surface area contributed by atoms with E-state index in [4.69, 9.17) is 4.74 Å². The van der Waals surface area contributed by atoms with Gasteiger partial charge in [-0.2, -0.15) is 0 Å². The molecule has 0 aliphatic carbocycles. The number of hydrogen-bond donors (Lipinski definition) is 0. The maximum absolute atomic E-state index is 12.7. The molecule has 1 aromatic heterocycles. The summed E-state index contributed by atoms with van der Waals surface area (Å²) in [6.45, 7) is 5.01. The monoisotopic (exact) mass is 287 g/mol. The molecule has 112 valence electrons. The lowest BCUT2D eigenvalue weighted by Crippen LogP contribution is -2.32. The molecule has 1 aliphatic rings. The molecule has 0 spiro atoms. The highest BCUT2D eigenvalue weighted by Crippen LogP contribution is 2.30. The summed E-state index contributed by atoms with van der Waals surface area (Å²) in [4.78, 5) is 19.5. The summed E-state index contributed by atoms with van der Waals surface area (Å²) in [6.07, 6.45) is 2.76. The lowest BCUT2D eigenvalue weighted by molar-refractivity contribution is 0.265. The molecule has 2 aromatic rings. The molecule has 0 saturated carbocycles. The number of benzene rings is 1. The van der Waals surface area contributed by atoms with Gasteiger partial charge in [-0.25, -0.2) is 4.98 Å². The molecular weight excluding hydrogens is 266 g/mol. The van der Waals surface area contributed by atoms with Gasteiger partial charge in [-0.15, -0.1) is 0 Å². The molecule has 0 radical (unpaired) electrons. The molecule has 5 nitrogen and oxygen atoms in total. The van der Waals surface area contributed by atoms with Crippen molar-refractivity contribution in [3.05, 3.63) is 34.9 Å². The third-order valence-corrected chi connectivity index (χ3v) is 4.34. The minimum atomic E-state index is -0.0202. The van der Waals surface area contributed by atoms with Gasteiger partial charge < -0.3 is 9.64 Å². The van der Waals surface area contributed by atoms with Crippen LogP contribution in [0.25, 0.3) is 10.9 Å². The lowest BCUT2D eigenvalue weighted by atomic mass is 9.90. The van der Waals surface area contributed by atoms with Crippen molar-refractivity contribution < 1.29 is 4.74 Å². The number of rotatable bonds is 3. The molecule has 1 saturated heterocycles. The van der Waals surface area contributed by atoms with Gasteiger partial charge in [0.15, 0.2) is 0 Å². The minimum absolute atomic E-state index is 0.0202. The van der Waals surface area contributed by atoms with Crippen LogP contribution >= 0.6 is 0 Å². The summed E-state index contributed by atoms with van der Waals surface area (Å²) >= 11 is 0. The molecule has 1 fully saturated rings. The Morgan fingerprint density at radius 2 is 2.24 bits per heavy atom. The van der Waals surface area contributed by atoms with Crippen LogP contribution in [-0.4, -0.2) is 41.7 Å². The largest absolute Gasteiger partial charge is 0.496 e. The number of likely N-dealkylation sites (tertiary alicyclic amines) is 1. The van der Waals surface area contributed by atoms with Crippen molar-refractivity contribution in [3.8, 4) is 5.75 Å². The first-order valence-corrected chi connectivity index (χ1v) is 7.23. The summed E-state index contributed by atoms with van der Waals surface area (Å²) in [5, 5.41) is 0.567. The van der Waals surface area contributed by atoms with Gasteiger partial charge in [-0.3, -0.25) is 9.36 Å². The molecule has 1 aliphatic heterocycles. The van der Waals surface area contributed by atoms with E-state index in [0.29, 0.717) is 23.2 Å². The van der Waals surface area contributed by atoms with E-state index in [-0.39, 0.29) is 11.0 Å². The molecule has 1 aromatic carbocycles. The molecule has 0 N–H and O–H groups in total. The highest BCUT2D eigenvalue weighted by Gasteiger charge is 2.32. The first kappa shape index (κ1) is 14.1. The molecule has 1 atom stereocenters. The van der Waals surface area contributed by atoms with Gasteiger partial charge in [0.05, 0.1) is 19.0 Å². The van der Waals surface area contributed by atoms with Crippen LogP contribution in [0.2, 0.25) is 0 Å². The summed E-state index contributed by atoms with van der Waals surface area (Å²) in [6, 6.07) is 5.50. The Balaban J connectivity index is 2.04. The van der Waals surface area contributed by atoms with Crippen molar-refractivity contribution in [1.29, 1.82) is 0 Å². The normalized spacial score (nSPS) is 22.8. The highest BCUT2D eigenvalue weighted by molar-refractivity contribution is 5.83. The average Bonchev–Trinajstić information content (AvgIpc) is 2.81. The number of ether oxygens (including phenoxy) is 1. The number of nitrogens with zero attached hydrogens (tertiary/aromatic N) is 3. The van der Waals surface area contributed by atoms with Crippen LogP contribution in [0.5, 0.6) is 5.75 Å². The first-order valence-electron chi connectivity index (χ1n) is 7.23. The van der Waals surface area contributed by atoms with Crippen molar-refractivity contribution in [1.82, 2.24) is 14.5 Å². The van der Waals surface area contributed by atoms with E-state index in [2.05, 4.69) is 23.9 Å². The van der Waals surface area contributed by atoms with Crippen LogP contribution in [0.4, 0.5) is 0 Å². The Bertz CT molecular complexity index is 725. The molecule has 0 bridgehead atoms. The topological polar surface area (TPSA) is 47.4 Å². The Morgan fingerprint density at radius 3 is 2.90 bits per heavy atom. The summed E-state index contributed by atoms with van der Waals surface area (Å²) in [7, 11) is 3.70. The summed E-state index contributed by atoms with van der Waals surface area (Å²) < 4.78 is 7.04. The molecule has 2 heterocycles. The van der Waals surface area contributed by atoms with Crippen molar-refractivity contribution in [2.24, 2.45) is 5.41 Å². The zero-order chi connectivity index (χ0) is 15.0. The maximum atomic E-state index is 12.7. The average molecular weight is 287 g/mol. The summed E-state index contributed by atoms with van der Waals surface area (Å²) in [5.74, 6) is 0.591. The van der Waals surface area contributed by atoms with Gasteiger partial charge in [0.25, 0.3) is 5.56 Å². The third-order valence-electron chi connectivity index (χ3n) is 4.34. The standard InChI is InChI=1S/C16H21N3O2/c1-16(7-8-18(2)9-16)10-19-11-17-12-5-4-6-13(21-3)14(12)15(19)20/h4-6,11H,7-10H2,1-3H3/t16-/m1/s1. The molecule has 21 heavy (non-hydrogen) atoms. The lowest BCUT2D eigenvalue weighted by Gasteiger charge is -2.24. The first-order chi connectivity index (χ1) is 10.0. The van der Waals surface area contributed by atoms with E-state index >= 15 is 0 Å². The van der Waals surface area contributed by atoms with Gasteiger partial charge in [-0.1, -0.05) is 13.0 Å². The smallest absolute Gasteiger partial charge is 0.264 e. The third kappa shape index (κ3) is 2.53. The molecule has 3 rings (SSSR count). The number of aromatic nitrogens is 2. The van der Waals surface area contributed by atoms with Gasteiger partial charge in [0, 0.05) is 13.1 Å². The second kappa shape index (κ2) is 5.15. The Morgan fingerprint density at radius 1 is 1.43 bits per heavy atom. The maximum Gasteiger partial charge on any atom is 0.264 e. The van der Waals surface area contributed by atoms with E-state index in [1.165, 1.54) is 0 Å². The predicted molar refractivity (Wildman–Crippen MR) is 82.8 cm³/mol. The van der Waals surface area contributed by atoms with E-state index in [1.807, 2.05) is 12.1 Å². The second-order valence-electron chi connectivity index (χ2n) is 6.33. The Kier molecular flexibility index (Phi) is 3.45. The minimum Gasteiger partial charge on any atom is -0.496 e. The quantitative estimate of drug-likeness (QED) is 0.863. The van der Waals surface area contributed by atoms with E-state index < -0.39 is 0 Å². The molecule has 5 heteroatoms. The summed E-state index contributed by atoms with van der Waals surface area (Å²) in [5.41, 5.74) is 0.785. The number of fused-ring (bicyclic) bond motifs is 1. The zero-order valence-electron chi connectivity index (χ0n) is 12.8. The van der Waals surface area contributed by atoms with Crippen LogP contribution in [0.1, 0.15) is 13.3 Å². The van der Waals surface area contributed by atoms with E-state index in [9.17, 15) is 4.79 Å². The van der Waals surface area contributed by atoms with Gasteiger partial charge >= 0.3 is 0 Å². The fraction of sp³-hybridized carbons (Fsp3) is 0.500. The SMILES string of the molecule is COc1cccc2ncn(C[C@]3(C)CCN(C)C3)c(=O)c12. The van der Waals surface area contributed by atoms with Gasteiger partial charge in [-0.05, 0) is 37.6 Å². The zero-order valence-corrected chi connectivity index (χ0v) is 12.8. The van der Waals surface area contributed by atoms with E-state index in [0.717, 1.165) is 19.5 Å². The number of hydrogen-bond acceptors (Lipinski definition) is 4. The highest BCUT2D eigenvalue weighted by atomic mass is 16.5. The fourth-order valence-corrected chi connectivity index (χ4v) is 3.26. The fourth-order valence-electron chi connectivity index (χ4n) is 3.26. The van der Waals surface area contributed by atoms with Crippen LogP contribution in [-0.2, 0) is 6.54 Å². The molecule has 0 amide bonds. The Hall–Kier alpha value is -1.88.